The van der Waals surface area contributed by atoms with E-state index in [-0.39, 0.29) is 5.91 Å². The van der Waals surface area contributed by atoms with Gasteiger partial charge in [0, 0.05) is 19.2 Å². The lowest BCUT2D eigenvalue weighted by atomic mass is 10.0. The normalized spacial score (nSPS) is 18.1. The van der Waals surface area contributed by atoms with E-state index >= 15 is 0 Å². The van der Waals surface area contributed by atoms with Crippen LogP contribution in [0.4, 0.5) is 0 Å². The van der Waals surface area contributed by atoms with Gasteiger partial charge in [-0.1, -0.05) is 18.7 Å². The van der Waals surface area contributed by atoms with Crippen molar-refractivity contribution in [3.05, 3.63) is 41.0 Å². The molecule has 2 aliphatic rings. The van der Waals surface area contributed by atoms with Gasteiger partial charge in [-0.3, -0.25) is 9.80 Å². The molecule has 1 saturated carbocycles. The van der Waals surface area contributed by atoms with Crippen molar-refractivity contribution >= 4 is 12.0 Å². The van der Waals surface area contributed by atoms with Crippen LogP contribution >= 0.6 is 0 Å². The fourth-order valence-electron chi connectivity index (χ4n) is 2.85. The summed E-state index contributed by atoms with van der Waals surface area (Å²) in [5, 5.41) is 3.97. The van der Waals surface area contributed by atoms with Crippen LogP contribution in [0.3, 0.4) is 0 Å². The number of nitrogens with zero attached hydrogens (tertiary/aromatic N) is 2. The van der Waals surface area contributed by atoms with Crippen molar-refractivity contribution < 1.29 is 4.79 Å². The molecule has 1 aromatic carbocycles. The first-order valence-corrected chi connectivity index (χ1v) is 6.89. The summed E-state index contributed by atoms with van der Waals surface area (Å²) in [6.07, 6.45) is 4.45. The molecule has 1 fully saturated rings. The summed E-state index contributed by atoms with van der Waals surface area (Å²) in [5.41, 5.74) is 4.16. The van der Waals surface area contributed by atoms with Crippen LogP contribution in [0, 0.1) is 12.8 Å². The average Bonchev–Trinajstić information content (AvgIpc) is 3.12. The number of amides is 1. The van der Waals surface area contributed by atoms with Crippen molar-refractivity contribution in [3.63, 3.8) is 0 Å². The molecule has 0 radical (unpaired) electrons. The zero-order valence-electron chi connectivity index (χ0n) is 11.6. The number of carbonyl (C=O) groups excluding carboxylic acids is 1. The van der Waals surface area contributed by atoms with Crippen LogP contribution in [0.1, 0.15) is 39.9 Å². The van der Waals surface area contributed by atoms with Crippen LogP contribution in [0.5, 0.6) is 0 Å². The van der Waals surface area contributed by atoms with Crippen LogP contribution in [-0.2, 0) is 6.54 Å². The molecule has 0 N–H and O–H groups in total. The molecule has 3 heteroatoms. The van der Waals surface area contributed by atoms with Gasteiger partial charge in [0.2, 0.25) is 0 Å². The smallest absolute Gasteiger partial charge is 0.268 e. The van der Waals surface area contributed by atoms with Crippen molar-refractivity contribution in [2.24, 2.45) is 5.92 Å². The largest absolute Gasteiger partial charge is 0.269 e. The van der Waals surface area contributed by atoms with Gasteiger partial charge in [-0.2, -0.15) is 0 Å². The molecule has 0 aromatic heterocycles. The van der Waals surface area contributed by atoms with E-state index in [2.05, 4.69) is 17.7 Å². The van der Waals surface area contributed by atoms with Crippen LogP contribution in [-0.4, -0.2) is 29.5 Å². The number of carbonyl (C=O) groups is 1. The molecule has 3 nitrogen and oxygen atoms in total. The van der Waals surface area contributed by atoms with Crippen LogP contribution in [0.15, 0.2) is 18.7 Å². The lowest BCUT2D eigenvalue weighted by Gasteiger charge is -2.27. The molecule has 1 amide bonds. The molecular weight excluding hydrogens is 236 g/mol. The van der Waals surface area contributed by atoms with Crippen molar-refractivity contribution in [2.45, 2.75) is 26.3 Å². The predicted molar refractivity (Wildman–Crippen MR) is 76.5 cm³/mol. The van der Waals surface area contributed by atoms with E-state index in [9.17, 15) is 4.79 Å². The van der Waals surface area contributed by atoms with Crippen LogP contribution in [0.2, 0.25) is 0 Å². The summed E-state index contributed by atoms with van der Waals surface area (Å²) in [7, 11) is 2.02. The van der Waals surface area contributed by atoms with Crippen molar-refractivity contribution in [2.75, 3.05) is 13.6 Å². The van der Waals surface area contributed by atoms with Gasteiger partial charge >= 0.3 is 0 Å². The summed E-state index contributed by atoms with van der Waals surface area (Å²) in [6.45, 7) is 7.50. The molecule has 1 aromatic rings. The highest BCUT2D eigenvalue weighted by atomic mass is 16.2. The van der Waals surface area contributed by atoms with E-state index in [0.29, 0.717) is 6.54 Å². The number of hydrogen-bond donors (Lipinski definition) is 0. The SMILES string of the molecule is C=Cc1cc(C)c2c(c1)CN(N(C)CC1CC1)C2=O. The van der Waals surface area contributed by atoms with Gasteiger partial charge in [-0.05, 0) is 48.4 Å². The van der Waals surface area contributed by atoms with Crippen molar-refractivity contribution in [1.82, 2.24) is 10.0 Å². The summed E-state index contributed by atoms with van der Waals surface area (Å²) in [6, 6.07) is 4.12. The zero-order valence-corrected chi connectivity index (χ0v) is 11.6. The van der Waals surface area contributed by atoms with E-state index in [4.69, 9.17) is 0 Å². The minimum absolute atomic E-state index is 0.145. The molecule has 0 spiro atoms. The van der Waals surface area contributed by atoms with E-state index in [1.807, 2.05) is 31.1 Å². The van der Waals surface area contributed by atoms with E-state index < -0.39 is 0 Å². The van der Waals surface area contributed by atoms with Gasteiger partial charge in [0.05, 0.1) is 6.54 Å². The Morgan fingerprint density at radius 1 is 1.47 bits per heavy atom. The first-order chi connectivity index (χ1) is 9.10. The molecule has 0 saturated heterocycles. The second kappa shape index (κ2) is 4.49. The Kier molecular flexibility index (Phi) is 2.94. The maximum absolute atomic E-state index is 12.5. The third-order valence-electron chi connectivity index (χ3n) is 4.08. The fraction of sp³-hybridized carbons (Fsp3) is 0.438. The lowest BCUT2D eigenvalue weighted by Crippen LogP contribution is -2.41. The Bertz CT molecular complexity index is 546. The van der Waals surface area contributed by atoms with Gasteiger partial charge in [-0.25, -0.2) is 5.01 Å². The number of hydrogen-bond acceptors (Lipinski definition) is 2. The summed E-state index contributed by atoms with van der Waals surface area (Å²) in [4.78, 5) is 12.5. The monoisotopic (exact) mass is 256 g/mol. The predicted octanol–water partition coefficient (Wildman–Crippen LogP) is 2.85. The highest BCUT2D eigenvalue weighted by molar-refractivity contribution is 5.99. The molecule has 100 valence electrons. The fourth-order valence-corrected chi connectivity index (χ4v) is 2.85. The molecule has 1 heterocycles. The molecule has 0 atom stereocenters. The number of hydrazine groups is 1. The molecule has 0 unspecified atom stereocenters. The van der Waals surface area contributed by atoms with E-state index in [1.165, 1.54) is 12.8 Å². The van der Waals surface area contributed by atoms with E-state index in [0.717, 1.165) is 34.7 Å². The van der Waals surface area contributed by atoms with Gasteiger partial charge in [0.25, 0.3) is 5.91 Å². The number of fused-ring (bicyclic) bond motifs is 1. The quantitative estimate of drug-likeness (QED) is 0.827. The number of aryl methyl sites for hydroxylation is 1. The molecule has 1 aliphatic carbocycles. The highest BCUT2D eigenvalue weighted by Crippen LogP contribution is 2.32. The number of rotatable bonds is 4. The van der Waals surface area contributed by atoms with Gasteiger partial charge < -0.3 is 0 Å². The molecular formula is C16H20N2O. The Hall–Kier alpha value is -1.61. The Morgan fingerprint density at radius 2 is 2.21 bits per heavy atom. The van der Waals surface area contributed by atoms with E-state index in [1.54, 1.807) is 0 Å². The maximum atomic E-state index is 12.5. The summed E-state index contributed by atoms with van der Waals surface area (Å²) in [5.74, 6) is 0.928. The minimum atomic E-state index is 0.145. The first kappa shape index (κ1) is 12.4. The lowest BCUT2D eigenvalue weighted by molar-refractivity contribution is 0.00505. The first-order valence-electron chi connectivity index (χ1n) is 6.89. The topological polar surface area (TPSA) is 23.6 Å². The molecule has 1 aliphatic heterocycles. The van der Waals surface area contributed by atoms with Gasteiger partial charge in [0.15, 0.2) is 0 Å². The zero-order chi connectivity index (χ0) is 13.6. The Balaban J connectivity index is 1.87. The average molecular weight is 256 g/mol. The molecule has 19 heavy (non-hydrogen) atoms. The van der Waals surface area contributed by atoms with Crippen LogP contribution < -0.4 is 0 Å². The number of benzene rings is 1. The minimum Gasteiger partial charge on any atom is -0.268 e. The molecule has 0 bridgehead atoms. The standard InChI is InChI=1S/C16H20N2O/c1-4-12-7-11(2)15-14(8-12)10-18(16(15)19)17(3)9-13-5-6-13/h4,7-8,13H,1,5-6,9-10H2,2-3H3. The van der Waals surface area contributed by atoms with Crippen LogP contribution in [0.25, 0.3) is 6.08 Å². The second-order valence-corrected chi connectivity index (χ2v) is 5.72. The summed E-state index contributed by atoms with van der Waals surface area (Å²) < 4.78 is 0. The summed E-state index contributed by atoms with van der Waals surface area (Å²) >= 11 is 0. The Labute approximate surface area is 114 Å². The van der Waals surface area contributed by atoms with Crippen molar-refractivity contribution in [1.29, 1.82) is 0 Å². The third-order valence-corrected chi connectivity index (χ3v) is 4.08. The van der Waals surface area contributed by atoms with Gasteiger partial charge in [-0.15, -0.1) is 0 Å². The highest BCUT2D eigenvalue weighted by Gasteiger charge is 2.34. The van der Waals surface area contributed by atoms with Crippen molar-refractivity contribution in [3.8, 4) is 0 Å². The Morgan fingerprint density at radius 3 is 2.84 bits per heavy atom. The van der Waals surface area contributed by atoms with Gasteiger partial charge in [0.1, 0.15) is 0 Å². The maximum Gasteiger partial charge on any atom is 0.269 e. The molecule has 3 rings (SSSR count). The second-order valence-electron chi connectivity index (χ2n) is 5.72. The third kappa shape index (κ3) is 2.19.